The molecule has 8 heteroatoms. The monoisotopic (exact) mass is 436 g/mol. The molecule has 6 nitrogen and oxygen atoms in total. The van der Waals surface area contributed by atoms with E-state index in [1.807, 2.05) is 18.2 Å². The normalized spacial score (nSPS) is 15.4. The van der Waals surface area contributed by atoms with Crippen molar-refractivity contribution in [2.45, 2.75) is 0 Å². The summed E-state index contributed by atoms with van der Waals surface area (Å²) in [7, 11) is 3.05. The van der Waals surface area contributed by atoms with Gasteiger partial charge in [0.15, 0.2) is 5.11 Å². The number of halogens is 1. The quantitative estimate of drug-likeness (QED) is 0.383. The largest absolute Gasteiger partial charge is 0.497 e. The van der Waals surface area contributed by atoms with Crippen molar-refractivity contribution in [3.63, 3.8) is 0 Å². The van der Waals surface area contributed by atoms with Crippen LogP contribution in [0.15, 0.2) is 60.2 Å². The van der Waals surface area contributed by atoms with Gasteiger partial charge >= 0.3 is 0 Å². The molecule has 3 aromatic rings. The van der Waals surface area contributed by atoms with E-state index in [1.165, 1.54) is 37.5 Å². The van der Waals surface area contributed by atoms with E-state index in [1.54, 1.807) is 19.2 Å². The standard InChI is InChI=1S/C23H17FN2O4S/c1-29-16-8-6-13-7-9-20(30-2)18(17(13)11-16)12-19-21(27)25-23(31)26(22(19)28)15-5-3-4-14(24)10-15/h3-12H,1-2H3,(H,25,27,31)/b19-12+. The van der Waals surface area contributed by atoms with Crippen molar-refractivity contribution < 1.29 is 23.5 Å². The van der Waals surface area contributed by atoms with E-state index in [0.717, 1.165) is 15.7 Å². The second kappa shape index (κ2) is 8.16. The minimum atomic E-state index is -0.665. The fourth-order valence-electron chi connectivity index (χ4n) is 3.41. The van der Waals surface area contributed by atoms with Gasteiger partial charge in [0.25, 0.3) is 11.8 Å². The Morgan fingerprint density at radius 2 is 1.81 bits per heavy atom. The number of thiocarbonyl (C=S) groups is 1. The Kier molecular flexibility index (Phi) is 5.39. The number of carbonyl (C=O) groups is 2. The van der Waals surface area contributed by atoms with Crippen LogP contribution in [-0.4, -0.2) is 31.1 Å². The zero-order chi connectivity index (χ0) is 22.1. The van der Waals surface area contributed by atoms with Gasteiger partial charge in [0.1, 0.15) is 22.9 Å². The van der Waals surface area contributed by atoms with Crippen molar-refractivity contribution in [3.05, 3.63) is 71.6 Å². The summed E-state index contributed by atoms with van der Waals surface area (Å²) in [6, 6.07) is 14.5. The molecule has 0 aliphatic carbocycles. The van der Waals surface area contributed by atoms with Crippen LogP contribution >= 0.6 is 12.2 Å². The van der Waals surface area contributed by atoms with Crippen LogP contribution in [0.2, 0.25) is 0 Å². The number of carbonyl (C=O) groups excluding carboxylic acids is 2. The average Bonchev–Trinajstić information content (AvgIpc) is 2.76. The van der Waals surface area contributed by atoms with Gasteiger partial charge in [0, 0.05) is 5.56 Å². The van der Waals surface area contributed by atoms with Crippen LogP contribution in [-0.2, 0) is 9.59 Å². The molecule has 1 saturated heterocycles. The minimum absolute atomic E-state index is 0.121. The van der Waals surface area contributed by atoms with Gasteiger partial charge in [-0.25, -0.2) is 4.39 Å². The Morgan fingerprint density at radius 3 is 2.52 bits per heavy atom. The maximum Gasteiger partial charge on any atom is 0.270 e. The van der Waals surface area contributed by atoms with E-state index < -0.39 is 17.6 Å². The Morgan fingerprint density at radius 1 is 1.03 bits per heavy atom. The predicted octanol–water partition coefficient (Wildman–Crippen LogP) is 3.83. The van der Waals surface area contributed by atoms with Gasteiger partial charge in [-0.1, -0.05) is 18.2 Å². The molecule has 1 fully saturated rings. The number of amides is 2. The highest BCUT2D eigenvalue weighted by atomic mass is 32.1. The molecular weight excluding hydrogens is 419 g/mol. The van der Waals surface area contributed by atoms with E-state index in [2.05, 4.69) is 5.32 Å². The fourth-order valence-corrected chi connectivity index (χ4v) is 3.69. The molecule has 0 unspecified atom stereocenters. The van der Waals surface area contributed by atoms with E-state index in [4.69, 9.17) is 21.7 Å². The van der Waals surface area contributed by atoms with Crippen LogP contribution in [0.25, 0.3) is 16.8 Å². The van der Waals surface area contributed by atoms with Gasteiger partial charge in [0.2, 0.25) is 0 Å². The van der Waals surface area contributed by atoms with Gasteiger partial charge < -0.3 is 9.47 Å². The van der Waals surface area contributed by atoms with E-state index in [0.29, 0.717) is 17.1 Å². The molecule has 0 bridgehead atoms. The molecule has 0 radical (unpaired) electrons. The van der Waals surface area contributed by atoms with E-state index >= 15 is 0 Å². The fraction of sp³-hybridized carbons (Fsp3) is 0.0870. The highest BCUT2D eigenvalue weighted by molar-refractivity contribution is 7.80. The summed E-state index contributed by atoms with van der Waals surface area (Å²) in [5.41, 5.74) is 0.586. The summed E-state index contributed by atoms with van der Waals surface area (Å²) in [6.07, 6.45) is 1.45. The Balaban J connectivity index is 1.89. The lowest BCUT2D eigenvalue weighted by atomic mass is 9.99. The number of ether oxygens (including phenoxy) is 2. The first-order valence-corrected chi connectivity index (χ1v) is 9.65. The number of anilines is 1. The number of hydrogen-bond acceptors (Lipinski definition) is 5. The van der Waals surface area contributed by atoms with Crippen LogP contribution in [0.3, 0.4) is 0 Å². The van der Waals surface area contributed by atoms with E-state index in [9.17, 15) is 14.0 Å². The van der Waals surface area contributed by atoms with Crippen LogP contribution in [0.4, 0.5) is 10.1 Å². The van der Waals surface area contributed by atoms with Crippen molar-refractivity contribution in [1.82, 2.24) is 5.32 Å². The van der Waals surface area contributed by atoms with Crippen LogP contribution in [0, 0.1) is 5.82 Å². The first-order chi connectivity index (χ1) is 14.9. The molecule has 1 aliphatic rings. The van der Waals surface area contributed by atoms with Gasteiger partial charge in [-0.2, -0.15) is 0 Å². The molecule has 2 amide bonds. The lowest BCUT2D eigenvalue weighted by molar-refractivity contribution is -0.122. The molecular formula is C23H17FN2O4S. The zero-order valence-corrected chi connectivity index (χ0v) is 17.5. The third-order valence-corrected chi connectivity index (χ3v) is 5.19. The molecule has 31 heavy (non-hydrogen) atoms. The number of benzene rings is 3. The zero-order valence-electron chi connectivity index (χ0n) is 16.6. The minimum Gasteiger partial charge on any atom is -0.497 e. The van der Waals surface area contributed by atoms with Gasteiger partial charge in [-0.3, -0.25) is 19.8 Å². The highest BCUT2D eigenvalue weighted by Crippen LogP contribution is 2.33. The topological polar surface area (TPSA) is 67.9 Å². The summed E-state index contributed by atoms with van der Waals surface area (Å²) in [5, 5.41) is 3.98. The maximum atomic E-state index is 13.7. The molecule has 0 saturated carbocycles. The number of rotatable bonds is 4. The summed E-state index contributed by atoms with van der Waals surface area (Å²) in [4.78, 5) is 27.0. The van der Waals surface area contributed by atoms with Crippen molar-refractivity contribution in [2.75, 3.05) is 19.1 Å². The molecule has 1 heterocycles. The van der Waals surface area contributed by atoms with Crippen LogP contribution in [0.5, 0.6) is 11.5 Å². The van der Waals surface area contributed by atoms with Crippen molar-refractivity contribution >= 4 is 51.7 Å². The second-order valence-corrected chi connectivity index (χ2v) is 7.09. The second-order valence-electron chi connectivity index (χ2n) is 6.71. The molecule has 0 atom stereocenters. The van der Waals surface area contributed by atoms with Crippen molar-refractivity contribution in [1.29, 1.82) is 0 Å². The lowest BCUT2D eigenvalue weighted by Gasteiger charge is -2.29. The summed E-state index contributed by atoms with van der Waals surface area (Å²) in [6.45, 7) is 0. The summed E-state index contributed by atoms with van der Waals surface area (Å²) < 4.78 is 24.5. The Bertz CT molecular complexity index is 1270. The number of fused-ring (bicyclic) bond motifs is 1. The number of hydrogen-bond donors (Lipinski definition) is 1. The third kappa shape index (κ3) is 3.73. The number of nitrogens with one attached hydrogen (secondary N) is 1. The summed E-state index contributed by atoms with van der Waals surface area (Å²) >= 11 is 5.16. The average molecular weight is 436 g/mol. The summed E-state index contributed by atoms with van der Waals surface area (Å²) in [5.74, 6) is -0.758. The predicted molar refractivity (Wildman–Crippen MR) is 120 cm³/mol. The van der Waals surface area contributed by atoms with Gasteiger partial charge in [-0.15, -0.1) is 0 Å². The number of methoxy groups -OCH3 is 2. The smallest absolute Gasteiger partial charge is 0.270 e. The molecule has 1 aliphatic heterocycles. The SMILES string of the molecule is COc1ccc2ccc(OC)c(/C=C3\C(=O)NC(=S)N(c4cccc(F)c4)C3=O)c2c1. The molecule has 3 aromatic carbocycles. The highest BCUT2D eigenvalue weighted by Gasteiger charge is 2.35. The Hall–Kier alpha value is -3.78. The van der Waals surface area contributed by atoms with Gasteiger partial charge in [0.05, 0.1) is 19.9 Å². The Labute approximate surface area is 182 Å². The molecule has 4 rings (SSSR count). The van der Waals surface area contributed by atoms with Crippen LogP contribution in [0.1, 0.15) is 5.56 Å². The molecule has 156 valence electrons. The van der Waals surface area contributed by atoms with Crippen molar-refractivity contribution in [3.8, 4) is 11.5 Å². The van der Waals surface area contributed by atoms with Crippen molar-refractivity contribution in [2.24, 2.45) is 0 Å². The molecule has 1 N–H and O–H groups in total. The third-order valence-electron chi connectivity index (χ3n) is 4.91. The first kappa shape index (κ1) is 20.5. The maximum absolute atomic E-state index is 13.7. The van der Waals surface area contributed by atoms with Crippen LogP contribution < -0.4 is 19.7 Å². The molecule has 0 aromatic heterocycles. The molecule has 0 spiro atoms. The first-order valence-electron chi connectivity index (χ1n) is 9.24. The lowest BCUT2D eigenvalue weighted by Crippen LogP contribution is -2.54. The van der Waals surface area contributed by atoms with E-state index in [-0.39, 0.29) is 16.4 Å². The number of nitrogens with zero attached hydrogens (tertiary/aromatic N) is 1. The van der Waals surface area contributed by atoms with Gasteiger partial charge in [-0.05, 0) is 65.5 Å².